The van der Waals surface area contributed by atoms with Crippen molar-refractivity contribution in [3.8, 4) is 0 Å². The highest BCUT2D eigenvalue weighted by Crippen LogP contribution is 1.87. The molecule has 0 aromatic rings. The van der Waals surface area contributed by atoms with Crippen molar-refractivity contribution < 1.29 is 17.0 Å². The topological polar surface area (TPSA) is 43.4 Å². The van der Waals surface area contributed by atoms with E-state index in [1.165, 1.54) is 0 Å². The van der Waals surface area contributed by atoms with E-state index in [1.54, 1.807) is 0 Å². The van der Waals surface area contributed by atoms with Crippen LogP contribution in [0.1, 0.15) is 6.92 Å². The van der Waals surface area contributed by atoms with Crippen molar-refractivity contribution in [2.45, 2.75) is 13.3 Å². The molecule has 0 N–H and O–H groups in total. The molecule has 0 aliphatic rings. The summed E-state index contributed by atoms with van der Waals surface area (Å²) in [4.78, 5) is 0. The first kappa shape index (κ1) is 6.84. The summed E-state index contributed by atoms with van der Waals surface area (Å²) in [5.74, 6) is 0. The van der Waals surface area contributed by atoms with Crippen molar-refractivity contribution in [1.29, 1.82) is 0 Å². The lowest BCUT2D eigenvalue weighted by Gasteiger charge is -1.89. The first-order chi connectivity index (χ1) is 3.13. The van der Waals surface area contributed by atoms with Crippen LogP contribution in [0.5, 0.6) is 0 Å². The molecule has 3 nitrogen and oxygen atoms in total. The Morgan fingerprint density at radius 3 is 2.14 bits per heavy atom. The summed E-state index contributed by atoms with van der Waals surface area (Å²) >= 11 is 0. The quantitative estimate of drug-likeness (QED) is 0.526. The van der Waals surface area contributed by atoms with E-state index in [0.717, 1.165) is 6.92 Å². The normalized spacial score (nSPS) is 14.7. The summed E-state index contributed by atoms with van der Waals surface area (Å²) < 4.78 is 33.7. The van der Waals surface area contributed by atoms with Crippen molar-refractivity contribution in [3.63, 3.8) is 0 Å². The lowest BCUT2D eigenvalue weighted by atomic mass is 10.8. The molecule has 0 fully saturated rings. The van der Waals surface area contributed by atoms with E-state index >= 15 is 0 Å². The summed E-state index contributed by atoms with van der Waals surface area (Å²) in [5, 5.41) is 0. The lowest BCUT2D eigenvalue weighted by molar-refractivity contribution is 0.0993. The fraction of sp³-hybridized carbons (Fsp3) is 1.00. The van der Waals surface area contributed by atoms with Gasteiger partial charge in [0.2, 0.25) is 6.36 Å². The van der Waals surface area contributed by atoms with Crippen molar-refractivity contribution in [2.75, 3.05) is 0 Å². The van der Waals surface area contributed by atoms with Gasteiger partial charge < -0.3 is 0 Å². The highest BCUT2D eigenvalue weighted by molar-refractivity contribution is 7.67. The number of hydrogen-bond acceptors (Lipinski definition) is 3. The predicted octanol–water partition coefficient (Wildman–Crippen LogP) is -0.155. The maximum Gasteiger partial charge on any atom is 0.259 e. The first-order valence-electron chi connectivity index (χ1n) is 1.58. The Balaban J connectivity index is 3.32. The average molecular weight is 128 g/mol. The smallest absolute Gasteiger partial charge is 0.235 e. The second-order valence-corrected chi connectivity index (χ2v) is 1.53. The Hall–Kier alpha value is -0.160. The van der Waals surface area contributed by atoms with Gasteiger partial charge in [0.1, 0.15) is 0 Å². The van der Waals surface area contributed by atoms with Crippen LogP contribution in [0, 0.1) is 0 Å². The van der Waals surface area contributed by atoms with Crippen LogP contribution in [-0.2, 0) is 15.2 Å². The van der Waals surface area contributed by atoms with Gasteiger partial charge in [0.25, 0.3) is 11.0 Å². The summed E-state index contributed by atoms with van der Waals surface area (Å²) in [7, 11) is -3.01. The molecule has 0 aromatic heterocycles. The van der Waals surface area contributed by atoms with Gasteiger partial charge in [0, 0.05) is 0 Å². The van der Waals surface area contributed by atoms with E-state index in [9.17, 15) is 12.8 Å². The molecule has 0 heterocycles. The SMILES string of the molecule is CC(F)O[SH](=O)=O. The number of thiol groups is 1. The molecule has 7 heavy (non-hydrogen) atoms. The minimum Gasteiger partial charge on any atom is -0.235 e. The summed E-state index contributed by atoms with van der Waals surface area (Å²) in [5.41, 5.74) is 0. The number of alkyl halides is 1. The van der Waals surface area contributed by atoms with Gasteiger partial charge in [-0.2, -0.15) is 0 Å². The van der Waals surface area contributed by atoms with E-state index in [0.29, 0.717) is 0 Å². The third-order valence-electron chi connectivity index (χ3n) is 0.231. The fourth-order valence-electron chi connectivity index (χ4n) is 0.119. The van der Waals surface area contributed by atoms with Gasteiger partial charge in [-0.15, -0.1) is 0 Å². The predicted molar refractivity (Wildman–Crippen MR) is 22.0 cm³/mol. The Bertz CT molecular complexity index is 99.5. The van der Waals surface area contributed by atoms with Crippen LogP contribution >= 0.6 is 0 Å². The van der Waals surface area contributed by atoms with Crippen LogP contribution in [0.3, 0.4) is 0 Å². The van der Waals surface area contributed by atoms with Crippen molar-refractivity contribution >= 4 is 11.0 Å². The minimum absolute atomic E-state index is 0.991. The second kappa shape index (κ2) is 2.92. The van der Waals surface area contributed by atoms with Crippen LogP contribution in [-0.4, -0.2) is 14.8 Å². The Morgan fingerprint density at radius 1 is 1.71 bits per heavy atom. The largest absolute Gasteiger partial charge is 0.259 e. The minimum atomic E-state index is -3.01. The molecule has 0 aromatic carbocycles. The van der Waals surface area contributed by atoms with Crippen molar-refractivity contribution in [3.05, 3.63) is 0 Å². The highest BCUT2D eigenvalue weighted by atomic mass is 32.2. The zero-order valence-electron chi connectivity index (χ0n) is 3.63. The van der Waals surface area contributed by atoms with Crippen LogP contribution in [0.25, 0.3) is 0 Å². The molecule has 1 atom stereocenters. The standard InChI is InChI=1S/C2H5FO3S/c1-2(3)6-7(4)5/h2,7H,1H3. The number of rotatable bonds is 2. The maximum atomic E-state index is 11.3. The van der Waals surface area contributed by atoms with E-state index < -0.39 is 17.3 Å². The van der Waals surface area contributed by atoms with Gasteiger partial charge >= 0.3 is 0 Å². The molecular formula is C2H5FO3S. The van der Waals surface area contributed by atoms with Crippen molar-refractivity contribution in [2.24, 2.45) is 0 Å². The van der Waals surface area contributed by atoms with Crippen LogP contribution in [0.15, 0.2) is 0 Å². The number of hydrogen-bond donors (Lipinski definition) is 1. The van der Waals surface area contributed by atoms with Gasteiger partial charge in [0.05, 0.1) is 0 Å². The Kier molecular flexibility index (Phi) is 2.86. The van der Waals surface area contributed by atoms with Gasteiger partial charge in [-0.3, -0.25) is 0 Å². The molecule has 0 saturated heterocycles. The fourth-order valence-corrected chi connectivity index (χ4v) is 0.356. The van der Waals surface area contributed by atoms with E-state index in [-0.39, 0.29) is 0 Å². The summed E-state index contributed by atoms with van der Waals surface area (Å²) in [6, 6.07) is 0. The summed E-state index contributed by atoms with van der Waals surface area (Å²) in [6.07, 6.45) is -1.72. The molecule has 0 saturated carbocycles. The molecule has 5 heteroatoms. The molecule has 0 bridgehead atoms. The molecule has 44 valence electrons. The molecule has 0 aliphatic carbocycles. The first-order valence-corrected chi connectivity index (χ1v) is 2.67. The zero-order valence-corrected chi connectivity index (χ0v) is 4.52. The van der Waals surface area contributed by atoms with E-state index in [4.69, 9.17) is 0 Å². The average Bonchev–Trinajstić information content (AvgIpc) is 1.27. The monoisotopic (exact) mass is 128 g/mol. The Morgan fingerprint density at radius 2 is 2.14 bits per heavy atom. The maximum absolute atomic E-state index is 11.3. The third kappa shape index (κ3) is 5.84. The molecule has 0 radical (unpaired) electrons. The molecule has 1 unspecified atom stereocenters. The molecule has 0 rings (SSSR count). The van der Waals surface area contributed by atoms with E-state index in [1.807, 2.05) is 0 Å². The van der Waals surface area contributed by atoms with Gasteiger partial charge in [0.15, 0.2) is 0 Å². The van der Waals surface area contributed by atoms with Gasteiger partial charge in [-0.1, -0.05) is 0 Å². The van der Waals surface area contributed by atoms with Crippen LogP contribution in [0.4, 0.5) is 4.39 Å². The molecule has 0 amide bonds. The van der Waals surface area contributed by atoms with Crippen molar-refractivity contribution in [1.82, 2.24) is 0 Å². The zero-order chi connectivity index (χ0) is 5.86. The second-order valence-electron chi connectivity index (χ2n) is 0.872. The van der Waals surface area contributed by atoms with Crippen LogP contribution < -0.4 is 0 Å². The van der Waals surface area contributed by atoms with Crippen LogP contribution in [0.2, 0.25) is 0 Å². The highest BCUT2D eigenvalue weighted by Gasteiger charge is 1.94. The number of halogens is 1. The van der Waals surface area contributed by atoms with Gasteiger partial charge in [-0.25, -0.2) is 17.0 Å². The van der Waals surface area contributed by atoms with E-state index in [2.05, 4.69) is 4.18 Å². The summed E-state index contributed by atoms with van der Waals surface area (Å²) in [6.45, 7) is 0.991. The molecular weight excluding hydrogens is 123 g/mol. The Labute approximate surface area is 42.2 Å². The van der Waals surface area contributed by atoms with Gasteiger partial charge in [-0.05, 0) is 6.92 Å². The molecule has 0 spiro atoms. The molecule has 0 aliphatic heterocycles. The lowest BCUT2D eigenvalue weighted by Crippen LogP contribution is -1.96. The third-order valence-corrected chi connectivity index (χ3v) is 0.694.